The Kier molecular flexibility index (Phi) is 4.29. The third kappa shape index (κ3) is 3.11. The Morgan fingerprint density at radius 2 is 2.05 bits per heavy atom. The molecule has 0 spiro atoms. The topological polar surface area (TPSA) is 41.6 Å². The Morgan fingerprint density at radius 3 is 2.55 bits per heavy atom. The molecule has 2 rings (SSSR count). The van der Waals surface area contributed by atoms with E-state index < -0.39 is 6.61 Å². The molecule has 20 heavy (non-hydrogen) atoms. The first-order chi connectivity index (χ1) is 9.51. The maximum atomic E-state index is 12.0. The maximum absolute atomic E-state index is 12.0. The van der Waals surface area contributed by atoms with Crippen molar-refractivity contribution in [2.24, 2.45) is 0 Å². The molecule has 0 bridgehead atoms. The van der Waals surface area contributed by atoms with Crippen molar-refractivity contribution in [3.05, 3.63) is 35.5 Å². The molecule has 1 amide bonds. The fraction of sp³-hybridized carbons (Fsp3) is 0.231. The van der Waals surface area contributed by atoms with Gasteiger partial charge in [0, 0.05) is 6.54 Å². The van der Waals surface area contributed by atoms with Crippen molar-refractivity contribution in [2.75, 3.05) is 6.54 Å². The van der Waals surface area contributed by atoms with Gasteiger partial charge in [0.25, 0.3) is 5.91 Å². The standard InChI is InChI=1S/C13H12F2N2O2S/c1-2-17-11(18)10(16-13(17)20)7-8-3-5-9(6-4-8)19-12(14)15/h3-7,12H,2H2,1H3,(H,16,20). The molecule has 1 aliphatic rings. The van der Waals surface area contributed by atoms with E-state index in [1.54, 1.807) is 18.2 Å². The molecule has 1 aromatic rings. The highest BCUT2D eigenvalue weighted by molar-refractivity contribution is 7.80. The molecule has 7 heteroatoms. The van der Waals surface area contributed by atoms with Crippen LogP contribution in [0.2, 0.25) is 0 Å². The lowest BCUT2D eigenvalue weighted by molar-refractivity contribution is -0.122. The summed E-state index contributed by atoms with van der Waals surface area (Å²) in [7, 11) is 0. The van der Waals surface area contributed by atoms with Gasteiger partial charge in [-0.3, -0.25) is 9.69 Å². The number of nitrogens with zero attached hydrogens (tertiary/aromatic N) is 1. The van der Waals surface area contributed by atoms with Crippen LogP contribution in [0.5, 0.6) is 5.75 Å². The summed E-state index contributed by atoms with van der Waals surface area (Å²) in [5.74, 6) is -0.135. The minimum atomic E-state index is -2.85. The number of hydrogen-bond donors (Lipinski definition) is 1. The second-order valence-electron chi connectivity index (χ2n) is 3.99. The van der Waals surface area contributed by atoms with Gasteiger partial charge in [0.05, 0.1) is 0 Å². The third-order valence-electron chi connectivity index (χ3n) is 2.69. The summed E-state index contributed by atoms with van der Waals surface area (Å²) in [6, 6.07) is 5.98. The number of nitrogens with one attached hydrogen (secondary N) is 1. The van der Waals surface area contributed by atoms with Crippen LogP contribution in [0, 0.1) is 0 Å². The van der Waals surface area contributed by atoms with Crippen molar-refractivity contribution in [1.82, 2.24) is 10.2 Å². The highest BCUT2D eigenvalue weighted by Crippen LogP contribution is 2.18. The number of likely N-dealkylation sites (N-methyl/N-ethyl adjacent to an activating group) is 1. The highest BCUT2D eigenvalue weighted by atomic mass is 32.1. The van der Waals surface area contributed by atoms with Crippen molar-refractivity contribution in [3.8, 4) is 5.75 Å². The Balaban J connectivity index is 2.15. The summed E-state index contributed by atoms with van der Waals surface area (Å²) in [5.41, 5.74) is 1.04. The first kappa shape index (κ1) is 14.4. The quantitative estimate of drug-likeness (QED) is 0.684. The summed E-state index contributed by atoms with van der Waals surface area (Å²) < 4.78 is 28.3. The number of rotatable bonds is 4. The average molecular weight is 298 g/mol. The van der Waals surface area contributed by atoms with Crippen LogP contribution in [0.1, 0.15) is 12.5 Å². The number of hydrogen-bond acceptors (Lipinski definition) is 3. The molecule has 0 aliphatic carbocycles. The van der Waals surface area contributed by atoms with Crippen LogP contribution in [0.15, 0.2) is 30.0 Å². The zero-order chi connectivity index (χ0) is 14.7. The molecular weight excluding hydrogens is 286 g/mol. The smallest absolute Gasteiger partial charge is 0.387 e. The van der Waals surface area contributed by atoms with E-state index in [9.17, 15) is 13.6 Å². The lowest BCUT2D eigenvalue weighted by Gasteiger charge is -2.08. The summed E-state index contributed by atoms with van der Waals surface area (Å²) in [5, 5.41) is 3.18. The maximum Gasteiger partial charge on any atom is 0.387 e. The number of thiocarbonyl (C=S) groups is 1. The van der Waals surface area contributed by atoms with Crippen molar-refractivity contribution in [3.63, 3.8) is 0 Å². The molecule has 0 atom stereocenters. The summed E-state index contributed by atoms with van der Waals surface area (Å²) >= 11 is 5.03. The minimum absolute atomic E-state index is 0.0681. The lowest BCUT2D eigenvalue weighted by atomic mass is 10.2. The van der Waals surface area contributed by atoms with E-state index in [1.807, 2.05) is 6.92 Å². The number of halogens is 2. The van der Waals surface area contributed by atoms with E-state index >= 15 is 0 Å². The molecule has 106 valence electrons. The first-order valence-corrected chi connectivity index (χ1v) is 6.31. The van der Waals surface area contributed by atoms with Crippen LogP contribution in [0.4, 0.5) is 8.78 Å². The molecule has 1 heterocycles. The van der Waals surface area contributed by atoms with E-state index in [2.05, 4.69) is 10.1 Å². The minimum Gasteiger partial charge on any atom is -0.435 e. The predicted molar refractivity (Wildman–Crippen MR) is 74.2 cm³/mol. The molecule has 0 radical (unpaired) electrons. The van der Waals surface area contributed by atoms with Crippen LogP contribution >= 0.6 is 12.2 Å². The third-order valence-corrected chi connectivity index (χ3v) is 3.02. The molecule has 1 aliphatic heterocycles. The molecule has 4 nitrogen and oxygen atoms in total. The van der Waals surface area contributed by atoms with Gasteiger partial charge in [-0.25, -0.2) is 0 Å². The van der Waals surface area contributed by atoms with E-state index in [0.717, 1.165) is 0 Å². The largest absolute Gasteiger partial charge is 0.435 e. The van der Waals surface area contributed by atoms with Crippen molar-refractivity contribution < 1.29 is 18.3 Å². The normalized spacial score (nSPS) is 17.0. The molecule has 0 saturated carbocycles. The molecule has 0 aromatic heterocycles. The van der Waals surface area contributed by atoms with Gasteiger partial charge < -0.3 is 10.1 Å². The predicted octanol–water partition coefficient (Wildman–Crippen LogP) is 2.37. The Bertz CT molecular complexity index is 558. The van der Waals surface area contributed by atoms with Crippen LogP contribution in [0.25, 0.3) is 6.08 Å². The van der Waals surface area contributed by atoms with Crippen molar-refractivity contribution in [1.29, 1.82) is 0 Å². The molecule has 1 saturated heterocycles. The first-order valence-electron chi connectivity index (χ1n) is 5.90. The highest BCUT2D eigenvalue weighted by Gasteiger charge is 2.28. The van der Waals surface area contributed by atoms with Crippen LogP contribution in [-0.4, -0.2) is 29.1 Å². The van der Waals surface area contributed by atoms with E-state index in [1.165, 1.54) is 17.0 Å². The molecule has 0 unspecified atom stereocenters. The van der Waals surface area contributed by atoms with Crippen LogP contribution in [-0.2, 0) is 4.79 Å². The second-order valence-corrected chi connectivity index (χ2v) is 4.37. The van der Waals surface area contributed by atoms with Gasteiger partial charge in [0.1, 0.15) is 11.4 Å². The number of ether oxygens (including phenoxy) is 1. The fourth-order valence-corrected chi connectivity index (χ4v) is 2.09. The van der Waals surface area contributed by atoms with Gasteiger partial charge in [-0.1, -0.05) is 12.1 Å². The van der Waals surface area contributed by atoms with E-state index in [0.29, 0.717) is 22.9 Å². The van der Waals surface area contributed by atoms with Gasteiger partial charge in [-0.15, -0.1) is 0 Å². The van der Waals surface area contributed by atoms with Crippen LogP contribution in [0.3, 0.4) is 0 Å². The van der Waals surface area contributed by atoms with Gasteiger partial charge in [0.2, 0.25) is 0 Å². The van der Waals surface area contributed by atoms with Gasteiger partial charge in [-0.05, 0) is 42.9 Å². The molecule has 1 fully saturated rings. The number of carbonyl (C=O) groups is 1. The zero-order valence-electron chi connectivity index (χ0n) is 10.6. The second kappa shape index (κ2) is 5.96. The Labute approximate surface area is 120 Å². The zero-order valence-corrected chi connectivity index (χ0v) is 11.4. The average Bonchev–Trinajstić information content (AvgIpc) is 2.66. The summed E-state index contributed by atoms with van der Waals surface area (Å²) in [6.45, 7) is -0.540. The molecular formula is C13H12F2N2O2S. The summed E-state index contributed by atoms with van der Waals surface area (Å²) in [6.07, 6.45) is 1.61. The van der Waals surface area contributed by atoms with Gasteiger partial charge in [-0.2, -0.15) is 8.78 Å². The van der Waals surface area contributed by atoms with E-state index in [-0.39, 0.29) is 11.7 Å². The van der Waals surface area contributed by atoms with E-state index in [4.69, 9.17) is 12.2 Å². The molecule has 1 N–H and O–H groups in total. The number of alkyl halides is 2. The Morgan fingerprint density at radius 1 is 1.40 bits per heavy atom. The number of benzene rings is 1. The van der Waals surface area contributed by atoms with Gasteiger partial charge >= 0.3 is 6.61 Å². The summed E-state index contributed by atoms with van der Waals surface area (Å²) in [4.78, 5) is 13.4. The monoisotopic (exact) mass is 298 g/mol. The van der Waals surface area contributed by atoms with Gasteiger partial charge in [0.15, 0.2) is 5.11 Å². The number of amides is 1. The van der Waals surface area contributed by atoms with Crippen LogP contribution < -0.4 is 10.1 Å². The molecule has 1 aromatic carbocycles. The fourth-order valence-electron chi connectivity index (χ4n) is 1.77. The van der Waals surface area contributed by atoms with Crippen molar-refractivity contribution >= 4 is 29.3 Å². The SMILES string of the molecule is CCN1C(=O)C(=Cc2ccc(OC(F)F)cc2)NC1=S. The van der Waals surface area contributed by atoms with Crippen molar-refractivity contribution in [2.45, 2.75) is 13.5 Å². The number of carbonyl (C=O) groups excluding carboxylic acids is 1. The lowest BCUT2D eigenvalue weighted by Crippen LogP contribution is -2.30. The Hall–Kier alpha value is -2.02.